The van der Waals surface area contributed by atoms with Crippen LogP contribution in [0.3, 0.4) is 0 Å². The quantitative estimate of drug-likeness (QED) is 0.793. The van der Waals surface area contributed by atoms with Crippen LogP contribution in [0.25, 0.3) is 0 Å². The van der Waals surface area contributed by atoms with Crippen LogP contribution in [0, 0.1) is 0 Å². The molecule has 1 aromatic rings. The van der Waals surface area contributed by atoms with Gasteiger partial charge in [-0.2, -0.15) is 0 Å². The van der Waals surface area contributed by atoms with Crippen molar-refractivity contribution in [2.45, 2.75) is 32.5 Å². The van der Waals surface area contributed by atoms with Crippen molar-refractivity contribution in [2.75, 3.05) is 18.0 Å². The summed E-state index contributed by atoms with van der Waals surface area (Å²) in [5.74, 6) is 0. The van der Waals surface area contributed by atoms with Gasteiger partial charge in [-0.05, 0) is 42.8 Å². The number of halogens is 1. The second-order valence-electron chi connectivity index (χ2n) is 4.93. The summed E-state index contributed by atoms with van der Waals surface area (Å²) in [5.41, 5.74) is 1.05. The summed E-state index contributed by atoms with van der Waals surface area (Å²) in [5, 5.41) is 0. The minimum atomic E-state index is -0.0972. The Morgan fingerprint density at radius 2 is 2.25 bits per heavy atom. The summed E-state index contributed by atoms with van der Waals surface area (Å²) in [4.78, 5) is 6.53. The Morgan fingerprint density at radius 1 is 1.50 bits per heavy atom. The number of hydrogen-bond donors (Lipinski definition) is 0. The van der Waals surface area contributed by atoms with E-state index in [0.29, 0.717) is 0 Å². The maximum Gasteiger partial charge on any atom is 0.0805 e. The predicted molar refractivity (Wildman–Crippen MR) is 68.8 cm³/mol. The van der Waals surface area contributed by atoms with E-state index in [0.717, 1.165) is 23.2 Å². The number of morpholine rings is 1. The van der Waals surface area contributed by atoms with Gasteiger partial charge in [0.2, 0.25) is 0 Å². The van der Waals surface area contributed by atoms with E-state index in [1.807, 2.05) is 6.20 Å². The zero-order valence-corrected chi connectivity index (χ0v) is 11.5. The van der Waals surface area contributed by atoms with Crippen LogP contribution in [0.5, 0.6) is 0 Å². The molecule has 0 radical (unpaired) electrons. The molecule has 1 atom stereocenters. The SMILES string of the molecule is CC1CN(c2cncc(Br)c2)CC(C)(C)O1. The molecule has 1 aliphatic heterocycles. The molecular formula is C12H17BrN2O. The number of rotatable bonds is 1. The highest BCUT2D eigenvalue weighted by Gasteiger charge is 2.31. The molecule has 3 nitrogen and oxygen atoms in total. The molecule has 4 heteroatoms. The van der Waals surface area contributed by atoms with Crippen LogP contribution in [0.1, 0.15) is 20.8 Å². The van der Waals surface area contributed by atoms with Gasteiger partial charge in [0, 0.05) is 23.8 Å². The fourth-order valence-electron chi connectivity index (χ4n) is 2.22. The molecule has 1 fully saturated rings. The summed E-state index contributed by atoms with van der Waals surface area (Å²) in [6, 6.07) is 2.10. The Morgan fingerprint density at radius 3 is 2.88 bits per heavy atom. The highest BCUT2D eigenvalue weighted by Crippen LogP contribution is 2.26. The van der Waals surface area contributed by atoms with Crippen LogP contribution in [-0.2, 0) is 4.74 Å². The molecule has 0 saturated carbocycles. The van der Waals surface area contributed by atoms with E-state index in [1.165, 1.54) is 0 Å². The maximum absolute atomic E-state index is 5.88. The summed E-state index contributed by atoms with van der Waals surface area (Å²) >= 11 is 3.45. The first kappa shape index (κ1) is 11.9. The fourth-order valence-corrected chi connectivity index (χ4v) is 2.58. The van der Waals surface area contributed by atoms with E-state index < -0.39 is 0 Å². The van der Waals surface area contributed by atoms with Crippen molar-refractivity contribution in [3.8, 4) is 0 Å². The molecule has 2 heterocycles. The number of pyridine rings is 1. The first-order valence-electron chi connectivity index (χ1n) is 5.50. The Kier molecular flexibility index (Phi) is 3.22. The van der Waals surface area contributed by atoms with Gasteiger partial charge in [-0.15, -0.1) is 0 Å². The lowest BCUT2D eigenvalue weighted by Crippen LogP contribution is -2.52. The summed E-state index contributed by atoms with van der Waals surface area (Å²) in [6.07, 6.45) is 3.96. The van der Waals surface area contributed by atoms with Gasteiger partial charge < -0.3 is 9.64 Å². The van der Waals surface area contributed by atoms with Crippen LogP contribution in [0.15, 0.2) is 22.9 Å². The predicted octanol–water partition coefficient (Wildman–Crippen LogP) is 2.85. The number of ether oxygens (including phenoxy) is 1. The molecule has 0 bridgehead atoms. The van der Waals surface area contributed by atoms with Crippen molar-refractivity contribution >= 4 is 21.6 Å². The van der Waals surface area contributed by atoms with Gasteiger partial charge in [0.25, 0.3) is 0 Å². The Balaban J connectivity index is 2.21. The van der Waals surface area contributed by atoms with E-state index >= 15 is 0 Å². The molecule has 0 N–H and O–H groups in total. The molecule has 0 spiro atoms. The largest absolute Gasteiger partial charge is 0.369 e. The lowest BCUT2D eigenvalue weighted by molar-refractivity contribution is -0.0749. The van der Waals surface area contributed by atoms with Gasteiger partial charge in [0.05, 0.1) is 23.6 Å². The van der Waals surface area contributed by atoms with Crippen LogP contribution < -0.4 is 4.90 Å². The molecule has 2 rings (SSSR count). The standard InChI is InChI=1S/C12H17BrN2O/c1-9-7-15(8-12(2,3)16-9)11-4-10(13)5-14-6-11/h4-6,9H,7-8H2,1-3H3. The topological polar surface area (TPSA) is 25.4 Å². The zero-order valence-electron chi connectivity index (χ0n) is 9.90. The van der Waals surface area contributed by atoms with Gasteiger partial charge in [0.15, 0.2) is 0 Å². The normalized spacial score (nSPS) is 24.5. The second-order valence-corrected chi connectivity index (χ2v) is 5.85. The van der Waals surface area contributed by atoms with Crippen molar-refractivity contribution in [1.82, 2.24) is 4.98 Å². The molecule has 16 heavy (non-hydrogen) atoms. The zero-order chi connectivity index (χ0) is 11.8. The Labute approximate surface area is 105 Å². The van der Waals surface area contributed by atoms with Crippen LogP contribution in [0.2, 0.25) is 0 Å². The number of hydrogen-bond acceptors (Lipinski definition) is 3. The summed E-state index contributed by atoms with van der Waals surface area (Å²) in [7, 11) is 0. The van der Waals surface area contributed by atoms with E-state index in [4.69, 9.17) is 4.74 Å². The van der Waals surface area contributed by atoms with Gasteiger partial charge >= 0.3 is 0 Å². The molecule has 1 aromatic heterocycles. The summed E-state index contributed by atoms with van der Waals surface area (Å²) < 4.78 is 6.90. The Hall–Kier alpha value is -0.610. The van der Waals surface area contributed by atoms with Crippen molar-refractivity contribution in [2.24, 2.45) is 0 Å². The maximum atomic E-state index is 5.88. The van der Waals surface area contributed by atoms with E-state index in [1.54, 1.807) is 6.20 Å². The third-order valence-electron chi connectivity index (χ3n) is 2.62. The van der Waals surface area contributed by atoms with E-state index in [2.05, 4.69) is 52.7 Å². The molecule has 88 valence electrons. The number of nitrogens with zero attached hydrogens (tertiary/aromatic N) is 2. The minimum Gasteiger partial charge on any atom is -0.369 e. The molecule has 1 unspecified atom stereocenters. The average molecular weight is 285 g/mol. The monoisotopic (exact) mass is 284 g/mol. The van der Waals surface area contributed by atoms with Gasteiger partial charge in [-0.25, -0.2) is 0 Å². The molecular weight excluding hydrogens is 268 g/mol. The molecule has 0 amide bonds. The van der Waals surface area contributed by atoms with Crippen LogP contribution in [0.4, 0.5) is 5.69 Å². The van der Waals surface area contributed by atoms with Crippen molar-refractivity contribution in [3.63, 3.8) is 0 Å². The smallest absolute Gasteiger partial charge is 0.0805 e. The first-order chi connectivity index (χ1) is 7.46. The first-order valence-corrected chi connectivity index (χ1v) is 6.29. The second kappa shape index (κ2) is 4.34. The Bertz CT molecular complexity index is 381. The lowest BCUT2D eigenvalue weighted by atomic mass is 10.1. The third kappa shape index (κ3) is 2.74. The number of aromatic nitrogens is 1. The third-order valence-corrected chi connectivity index (χ3v) is 3.06. The molecule has 0 aliphatic carbocycles. The lowest BCUT2D eigenvalue weighted by Gasteiger charge is -2.42. The average Bonchev–Trinajstić information content (AvgIpc) is 2.14. The van der Waals surface area contributed by atoms with Gasteiger partial charge in [-0.3, -0.25) is 4.98 Å². The van der Waals surface area contributed by atoms with Crippen molar-refractivity contribution < 1.29 is 4.74 Å². The number of anilines is 1. The van der Waals surface area contributed by atoms with Crippen molar-refractivity contribution in [3.05, 3.63) is 22.9 Å². The van der Waals surface area contributed by atoms with Gasteiger partial charge in [0.1, 0.15) is 0 Å². The highest BCUT2D eigenvalue weighted by molar-refractivity contribution is 9.10. The van der Waals surface area contributed by atoms with E-state index in [-0.39, 0.29) is 11.7 Å². The minimum absolute atomic E-state index is 0.0972. The molecule has 0 aromatic carbocycles. The van der Waals surface area contributed by atoms with Gasteiger partial charge in [-0.1, -0.05) is 0 Å². The van der Waals surface area contributed by atoms with Crippen LogP contribution in [-0.4, -0.2) is 29.8 Å². The van der Waals surface area contributed by atoms with Crippen LogP contribution >= 0.6 is 15.9 Å². The summed E-state index contributed by atoms with van der Waals surface area (Å²) in [6.45, 7) is 8.18. The van der Waals surface area contributed by atoms with E-state index in [9.17, 15) is 0 Å². The highest BCUT2D eigenvalue weighted by atomic mass is 79.9. The molecule has 1 aliphatic rings. The fraction of sp³-hybridized carbons (Fsp3) is 0.583. The molecule has 1 saturated heterocycles. The van der Waals surface area contributed by atoms with Crippen molar-refractivity contribution in [1.29, 1.82) is 0 Å².